The van der Waals surface area contributed by atoms with Crippen LogP contribution < -0.4 is 11.1 Å². The number of hydrogen-bond donors (Lipinski definition) is 2. The normalized spacial score (nSPS) is 10.8. The van der Waals surface area contributed by atoms with Gasteiger partial charge in [-0.25, -0.2) is 9.37 Å². The first-order valence-electron chi connectivity index (χ1n) is 8.80. The standard InChI is InChI=1S/C20H15ClFN7O/c1-11(30)25-14-5-2-4-12(8-14)13-9-15(19(23)24-10-13)20-26-27-28-29(20)17-7-3-6-16(21)18(17)22/h2-10H,1H3,(H2,23,24)(H,25,30). The summed E-state index contributed by atoms with van der Waals surface area (Å²) in [5.41, 5.74) is 8.73. The van der Waals surface area contributed by atoms with Gasteiger partial charge in [-0.3, -0.25) is 4.79 Å². The van der Waals surface area contributed by atoms with Crippen molar-refractivity contribution in [1.82, 2.24) is 25.2 Å². The number of amides is 1. The predicted molar refractivity (Wildman–Crippen MR) is 112 cm³/mol. The third-order valence-corrected chi connectivity index (χ3v) is 4.60. The summed E-state index contributed by atoms with van der Waals surface area (Å²) >= 11 is 5.89. The van der Waals surface area contributed by atoms with Crippen LogP contribution in [0.1, 0.15) is 6.92 Å². The lowest BCUT2D eigenvalue weighted by molar-refractivity contribution is -0.114. The number of halogens is 2. The number of nitrogens with zero attached hydrogens (tertiary/aromatic N) is 5. The van der Waals surface area contributed by atoms with Crippen LogP contribution in [0.15, 0.2) is 54.7 Å². The van der Waals surface area contributed by atoms with E-state index in [0.29, 0.717) is 16.8 Å². The molecule has 0 saturated carbocycles. The molecule has 0 aliphatic rings. The van der Waals surface area contributed by atoms with E-state index in [1.54, 1.807) is 30.5 Å². The number of nitrogens with two attached hydrogens (primary N) is 1. The molecule has 0 unspecified atom stereocenters. The summed E-state index contributed by atoms with van der Waals surface area (Å²) in [4.78, 5) is 15.6. The van der Waals surface area contributed by atoms with Crippen molar-refractivity contribution < 1.29 is 9.18 Å². The molecule has 0 bridgehead atoms. The van der Waals surface area contributed by atoms with Crippen molar-refractivity contribution in [3.63, 3.8) is 0 Å². The van der Waals surface area contributed by atoms with Crippen LogP contribution >= 0.6 is 11.6 Å². The Morgan fingerprint density at radius 1 is 1.17 bits per heavy atom. The first-order chi connectivity index (χ1) is 14.4. The average Bonchev–Trinajstić information content (AvgIpc) is 3.19. The molecule has 3 N–H and O–H groups in total. The molecule has 0 fully saturated rings. The number of carbonyl (C=O) groups is 1. The maximum absolute atomic E-state index is 14.5. The Kier molecular flexibility index (Phi) is 5.11. The smallest absolute Gasteiger partial charge is 0.221 e. The second-order valence-corrected chi connectivity index (χ2v) is 6.81. The molecule has 0 radical (unpaired) electrons. The minimum absolute atomic E-state index is 0.0522. The van der Waals surface area contributed by atoms with Crippen LogP contribution in [-0.4, -0.2) is 31.1 Å². The van der Waals surface area contributed by atoms with Gasteiger partial charge in [0.25, 0.3) is 0 Å². The molecule has 4 aromatic rings. The lowest BCUT2D eigenvalue weighted by atomic mass is 10.0. The Bertz CT molecular complexity index is 1260. The SMILES string of the molecule is CC(=O)Nc1cccc(-c2cnc(N)c(-c3nnnn3-c3cccc(Cl)c3F)c2)c1. The highest BCUT2D eigenvalue weighted by Crippen LogP contribution is 2.31. The highest BCUT2D eigenvalue weighted by Gasteiger charge is 2.19. The fourth-order valence-electron chi connectivity index (χ4n) is 2.97. The van der Waals surface area contributed by atoms with Gasteiger partial charge in [-0.2, -0.15) is 4.68 Å². The molecule has 2 aromatic heterocycles. The fourth-order valence-corrected chi connectivity index (χ4v) is 3.13. The number of pyridine rings is 1. The van der Waals surface area contributed by atoms with Gasteiger partial charge >= 0.3 is 0 Å². The summed E-state index contributed by atoms with van der Waals surface area (Å²) in [6.45, 7) is 1.43. The summed E-state index contributed by atoms with van der Waals surface area (Å²) in [6, 6.07) is 13.5. The largest absolute Gasteiger partial charge is 0.383 e. The zero-order valence-electron chi connectivity index (χ0n) is 15.7. The van der Waals surface area contributed by atoms with Crippen molar-refractivity contribution in [1.29, 1.82) is 0 Å². The Morgan fingerprint density at radius 2 is 1.97 bits per heavy atom. The highest BCUT2D eigenvalue weighted by atomic mass is 35.5. The number of aromatic nitrogens is 5. The lowest BCUT2D eigenvalue weighted by Crippen LogP contribution is -2.06. The number of anilines is 2. The van der Waals surface area contributed by atoms with E-state index in [4.69, 9.17) is 17.3 Å². The molecule has 2 aromatic carbocycles. The average molecular weight is 424 g/mol. The van der Waals surface area contributed by atoms with Gasteiger partial charge in [-0.1, -0.05) is 29.8 Å². The number of nitrogens with one attached hydrogen (secondary N) is 1. The van der Waals surface area contributed by atoms with Crippen LogP contribution in [0.5, 0.6) is 0 Å². The van der Waals surface area contributed by atoms with E-state index in [1.807, 2.05) is 12.1 Å². The number of tetrazole rings is 1. The van der Waals surface area contributed by atoms with Gasteiger partial charge in [0.15, 0.2) is 11.6 Å². The van der Waals surface area contributed by atoms with Crippen molar-refractivity contribution in [3.05, 3.63) is 65.6 Å². The van der Waals surface area contributed by atoms with Crippen molar-refractivity contribution >= 4 is 29.0 Å². The van der Waals surface area contributed by atoms with Crippen LogP contribution in [0.4, 0.5) is 15.9 Å². The summed E-state index contributed by atoms with van der Waals surface area (Å²) in [7, 11) is 0. The van der Waals surface area contributed by atoms with E-state index in [9.17, 15) is 9.18 Å². The monoisotopic (exact) mass is 423 g/mol. The number of rotatable bonds is 4. The van der Waals surface area contributed by atoms with Gasteiger partial charge in [0.05, 0.1) is 10.6 Å². The Labute approximate surface area is 175 Å². The third kappa shape index (κ3) is 3.70. The molecule has 4 rings (SSSR count). The number of carbonyl (C=O) groups excluding carboxylic acids is 1. The topological polar surface area (TPSA) is 112 Å². The quantitative estimate of drug-likeness (QED) is 0.517. The van der Waals surface area contributed by atoms with E-state index in [2.05, 4.69) is 25.8 Å². The molecule has 0 atom stereocenters. The molecule has 0 aliphatic heterocycles. The molecular formula is C20H15ClFN7O. The first-order valence-corrected chi connectivity index (χ1v) is 9.18. The molecule has 8 nitrogen and oxygen atoms in total. The van der Waals surface area contributed by atoms with E-state index >= 15 is 0 Å². The lowest BCUT2D eigenvalue weighted by Gasteiger charge is -2.10. The molecule has 0 aliphatic carbocycles. The van der Waals surface area contributed by atoms with Crippen LogP contribution in [0, 0.1) is 5.82 Å². The van der Waals surface area contributed by atoms with Crippen LogP contribution in [0.3, 0.4) is 0 Å². The Balaban J connectivity index is 1.81. The van der Waals surface area contributed by atoms with Gasteiger partial charge < -0.3 is 11.1 Å². The second kappa shape index (κ2) is 7.88. The van der Waals surface area contributed by atoms with Crippen molar-refractivity contribution in [2.24, 2.45) is 0 Å². The van der Waals surface area contributed by atoms with E-state index < -0.39 is 5.82 Å². The highest BCUT2D eigenvalue weighted by molar-refractivity contribution is 6.30. The van der Waals surface area contributed by atoms with E-state index in [-0.39, 0.29) is 28.3 Å². The third-order valence-electron chi connectivity index (χ3n) is 4.30. The maximum Gasteiger partial charge on any atom is 0.221 e. The fraction of sp³-hybridized carbons (Fsp3) is 0.0500. The number of hydrogen-bond acceptors (Lipinski definition) is 6. The molecule has 10 heteroatoms. The second-order valence-electron chi connectivity index (χ2n) is 6.41. The summed E-state index contributed by atoms with van der Waals surface area (Å²) in [5.74, 6) is -0.444. The summed E-state index contributed by atoms with van der Waals surface area (Å²) in [6.07, 6.45) is 1.60. The zero-order valence-corrected chi connectivity index (χ0v) is 16.4. The van der Waals surface area contributed by atoms with Crippen LogP contribution in [-0.2, 0) is 4.79 Å². The van der Waals surface area contributed by atoms with E-state index in [1.165, 1.54) is 23.7 Å². The van der Waals surface area contributed by atoms with E-state index in [0.717, 1.165) is 5.56 Å². The van der Waals surface area contributed by atoms with Gasteiger partial charge in [0.2, 0.25) is 5.91 Å². The summed E-state index contributed by atoms with van der Waals surface area (Å²) < 4.78 is 15.7. The molecule has 0 spiro atoms. The molecule has 150 valence electrons. The molecule has 1 amide bonds. The maximum atomic E-state index is 14.5. The molecule has 30 heavy (non-hydrogen) atoms. The van der Waals surface area contributed by atoms with Gasteiger partial charge in [-0.15, -0.1) is 5.10 Å². The minimum Gasteiger partial charge on any atom is -0.383 e. The number of benzene rings is 2. The Hall–Kier alpha value is -3.85. The van der Waals surface area contributed by atoms with Crippen molar-refractivity contribution in [3.8, 4) is 28.2 Å². The van der Waals surface area contributed by atoms with Crippen molar-refractivity contribution in [2.45, 2.75) is 6.92 Å². The van der Waals surface area contributed by atoms with Gasteiger partial charge in [0.1, 0.15) is 11.5 Å². The Morgan fingerprint density at radius 3 is 2.77 bits per heavy atom. The molecule has 2 heterocycles. The number of nitrogen functional groups attached to an aromatic ring is 1. The molecule has 0 saturated heterocycles. The van der Waals surface area contributed by atoms with Crippen LogP contribution in [0.2, 0.25) is 5.02 Å². The zero-order chi connectivity index (χ0) is 21.3. The minimum atomic E-state index is -0.654. The predicted octanol–water partition coefficient (Wildman–Crippen LogP) is 3.72. The van der Waals surface area contributed by atoms with Gasteiger partial charge in [-0.05, 0) is 46.3 Å². The molecular weight excluding hydrogens is 409 g/mol. The van der Waals surface area contributed by atoms with Crippen LogP contribution in [0.25, 0.3) is 28.2 Å². The summed E-state index contributed by atoms with van der Waals surface area (Å²) in [5, 5.41) is 14.2. The van der Waals surface area contributed by atoms with Crippen molar-refractivity contribution in [2.75, 3.05) is 11.1 Å². The van der Waals surface area contributed by atoms with Gasteiger partial charge in [0, 0.05) is 24.4 Å². The first kappa shape index (κ1) is 19.5.